The van der Waals surface area contributed by atoms with Crippen molar-refractivity contribution in [3.8, 4) is 0 Å². The summed E-state index contributed by atoms with van der Waals surface area (Å²) in [5, 5.41) is 25.2. The lowest BCUT2D eigenvalue weighted by Gasteiger charge is -2.73. The highest BCUT2D eigenvalue weighted by atomic mass is 16.5. The molecule has 3 N–H and O–H groups in total. The first kappa shape index (κ1) is 39.3. The van der Waals surface area contributed by atoms with Gasteiger partial charge in [-0.3, -0.25) is 4.90 Å². The zero-order valence-corrected chi connectivity index (χ0v) is 35.3. The van der Waals surface area contributed by atoms with E-state index in [4.69, 9.17) is 20.3 Å². The fourth-order valence-corrected chi connectivity index (χ4v) is 14.4. The first-order chi connectivity index (χ1) is 24.8. The second-order valence-electron chi connectivity index (χ2n) is 20.9. The molecule has 13 atom stereocenters. The molecule has 1 aromatic heterocycles. The van der Waals surface area contributed by atoms with Crippen molar-refractivity contribution < 1.29 is 14.6 Å². The molecule has 3 heterocycles. The van der Waals surface area contributed by atoms with Crippen LogP contribution < -0.4 is 5.73 Å². The predicted octanol–water partition coefficient (Wildman–Crippen LogP) is 8.90. The van der Waals surface area contributed by atoms with E-state index in [-0.39, 0.29) is 62.5 Å². The Morgan fingerprint density at radius 2 is 1.75 bits per heavy atom. The van der Waals surface area contributed by atoms with Crippen molar-refractivity contribution in [1.82, 2.24) is 25.1 Å². The van der Waals surface area contributed by atoms with Crippen LogP contribution in [0.3, 0.4) is 0 Å². The number of rotatable bonds is 9. The number of nitrogens with two attached hydrogens (primary N) is 1. The van der Waals surface area contributed by atoms with Gasteiger partial charge in [-0.05, 0) is 122 Å². The number of hydrogen-bond donors (Lipinski definition) is 2. The van der Waals surface area contributed by atoms with Crippen molar-refractivity contribution in [3.63, 3.8) is 0 Å². The largest absolute Gasteiger partial charge is 0.513 e. The molecule has 6 aliphatic rings. The standard InChI is InChI=1S/C44H74N6O3/c1-27(2)29(5)39(8)20-21-41(10)32-16-17-34-40(9)24-52-26-44(34,33(32)18-19-42(41,11)36(39)31(7)51)30(6)35(50-47-38(45)46-48-50)37(40)53-25-43(12,28(3)4)49-22-14-13-15-23-49/h18,27-30,32,34-37,51H,7,13-17,19-26H2,1-6,8-12H3,(H2,45,47)/t29-,30-,32+,34+,35-,36-,37+,39-,40+,41-,42+,43-,44-/m1/s1. The second-order valence-corrected chi connectivity index (χ2v) is 20.9. The molecule has 1 aromatic rings. The summed E-state index contributed by atoms with van der Waals surface area (Å²) >= 11 is 0. The molecular weight excluding hydrogens is 661 g/mol. The van der Waals surface area contributed by atoms with Gasteiger partial charge in [0.25, 0.3) is 5.95 Å². The number of likely N-dealkylation sites (tertiary alicyclic amines) is 1. The van der Waals surface area contributed by atoms with Gasteiger partial charge in [0.1, 0.15) is 6.04 Å². The maximum Gasteiger partial charge on any atom is 0.260 e. The quantitative estimate of drug-likeness (QED) is 0.191. The van der Waals surface area contributed by atoms with Crippen LogP contribution >= 0.6 is 0 Å². The van der Waals surface area contributed by atoms with Gasteiger partial charge in [-0.1, -0.05) is 99.0 Å². The smallest absolute Gasteiger partial charge is 0.260 e. The molecule has 9 heteroatoms. The Bertz CT molecular complexity index is 1570. The third-order valence-corrected chi connectivity index (χ3v) is 18.4. The zero-order valence-electron chi connectivity index (χ0n) is 35.3. The lowest BCUT2D eigenvalue weighted by molar-refractivity contribution is -0.275. The molecule has 5 fully saturated rings. The molecule has 0 radical (unpaired) electrons. The van der Waals surface area contributed by atoms with Crippen LogP contribution in [0.1, 0.15) is 134 Å². The highest BCUT2D eigenvalue weighted by molar-refractivity contribution is 5.37. The van der Waals surface area contributed by atoms with E-state index in [1.165, 1.54) is 19.3 Å². The Hall–Kier alpha value is -1.97. The summed E-state index contributed by atoms with van der Waals surface area (Å²) in [6.07, 6.45) is 11.8. The number of nitrogen functional groups attached to an aromatic ring is 1. The van der Waals surface area contributed by atoms with E-state index < -0.39 is 0 Å². The van der Waals surface area contributed by atoms with E-state index in [0.717, 1.165) is 45.2 Å². The van der Waals surface area contributed by atoms with E-state index >= 15 is 0 Å². The number of nitrogens with zero attached hydrogens (tertiary/aromatic N) is 5. The number of fused-ring (bicyclic) bond motifs is 3. The number of ether oxygens (including phenoxy) is 2. The van der Waals surface area contributed by atoms with Crippen molar-refractivity contribution in [3.05, 3.63) is 24.0 Å². The number of aliphatic hydroxyl groups excluding tert-OH is 1. The van der Waals surface area contributed by atoms with Crippen molar-refractivity contribution in [2.45, 2.75) is 145 Å². The number of aromatic nitrogens is 4. The Morgan fingerprint density at radius 1 is 1.06 bits per heavy atom. The molecule has 7 rings (SSSR count). The van der Waals surface area contributed by atoms with Gasteiger partial charge < -0.3 is 20.3 Å². The molecule has 2 aliphatic heterocycles. The van der Waals surface area contributed by atoms with Gasteiger partial charge >= 0.3 is 0 Å². The van der Waals surface area contributed by atoms with E-state index in [1.807, 2.05) is 4.80 Å². The van der Waals surface area contributed by atoms with Gasteiger partial charge in [0.05, 0.1) is 31.7 Å². The summed E-state index contributed by atoms with van der Waals surface area (Å²) in [6, 6.07) is -0.144. The maximum absolute atomic E-state index is 11.6. The number of piperidine rings is 1. The van der Waals surface area contributed by atoms with Gasteiger partial charge in [-0.15, -0.1) is 5.10 Å². The van der Waals surface area contributed by atoms with Crippen molar-refractivity contribution in [2.75, 3.05) is 38.6 Å². The average molecular weight is 735 g/mol. The minimum absolute atomic E-state index is 0.00319. The highest BCUT2D eigenvalue weighted by Gasteiger charge is 2.73. The van der Waals surface area contributed by atoms with Gasteiger partial charge in [0.2, 0.25) is 0 Å². The zero-order chi connectivity index (χ0) is 38.5. The minimum atomic E-state index is -0.259. The lowest BCUT2D eigenvalue weighted by Crippen LogP contribution is -2.71. The number of aliphatic hydroxyl groups is 1. The van der Waals surface area contributed by atoms with Crippen molar-refractivity contribution >= 4 is 5.95 Å². The fraction of sp³-hybridized carbons (Fsp3) is 0.886. The van der Waals surface area contributed by atoms with Gasteiger partial charge in [0.15, 0.2) is 0 Å². The van der Waals surface area contributed by atoms with Crippen molar-refractivity contribution in [1.29, 1.82) is 0 Å². The fourth-order valence-electron chi connectivity index (χ4n) is 14.4. The summed E-state index contributed by atoms with van der Waals surface area (Å²) in [5.74, 6) is 2.97. The monoisotopic (exact) mass is 735 g/mol. The minimum Gasteiger partial charge on any atom is -0.513 e. The first-order valence-electron chi connectivity index (χ1n) is 21.4. The third-order valence-electron chi connectivity index (χ3n) is 18.4. The molecule has 9 nitrogen and oxygen atoms in total. The molecule has 298 valence electrons. The molecule has 2 saturated heterocycles. The summed E-state index contributed by atoms with van der Waals surface area (Å²) in [4.78, 5) is 4.52. The molecule has 0 spiro atoms. The molecule has 0 unspecified atom stereocenters. The molecule has 4 aliphatic carbocycles. The summed E-state index contributed by atoms with van der Waals surface area (Å²) in [5.41, 5.74) is 7.15. The first-order valence-corrected chi connectivity index (χ1v) is 21.4. The number of hydrogen-bond acceptors (Lipinski definition) is 8. The second kappa shape index (κ2) is 13.3. The number of allylic oxidation sites excluding steroid dienone is 2. The topological polar surface area (TPSA) is 112 Å². The Balaban J connectivity index is 1.31. The van der Waals surface area contributed by atoms with Crippen molar-refractivity contribution in [2.24, 2.45) is 68.5 Å². The number of tetrazole rings is 1. The van der Waals surface area contributed by atoms with Crippen LogP contribution in [0.5, 0.6) is 0 Å². The number of anilines is 1. The Morgan fingerprint density at radius 3 is 2.36 bits per heavy atom. The van der Waals surface area contributed by atoms with Crippen LogP contribution in [0.15, 0.2) is 24.0 Å². The molecule has 53 heavy (non-hydrogen) atoms. The Labute approximate surface area is 321 Å². The third kappa shape index (κ3) is 5.41. The van der Waals surface area contributed by atoms with E-state index in [2.05, 4.69) is 104 Å². The SMILES string of the molecule is C=C(O)[C@@H]1[C@@](C)([C@H](C)C(C)C)CC[C@]2(C)[C@H]3CC[C@H]4[C@]5(C)COC[C@]4(C3=CC[C@@]12C)[C@H](C)[C@@H](n1nnc(N)n1)[C@@H]5OC[C@](C)(C(C)C)N1CCCCC1. The van der Waals surface area contributed by atoms with E-state index in [9.17, 15) is 5.11 Å². The van der Waals surface area contributed by atoms with Crippen LogP contribution in [0.4, 0.5) is 5.95 Å². The van der Waals surface area contributed by atoms with Gasteiger partial charge in [-0.25, -0.2) is 0 Å². The van der Waals surface area contributed by atoms with Gasteiger partial charge in [-0.2, -0.15) is 4.80 Å². The lowest BCUT2D eigenvalue weighted by atomic mass is 9.33. The van der Waals surface area contributed by atoms with E-state index in [0.29, 0.717) is 55.2 Å². The Kier molecular flexibility index (Phi) is 9.87. The molecule has 3 saturated carbocycles. The molecule has 0 aromatic carbocycles. The van der Waals surface area contributed by atoms with Crippen LogP contribution in [0.2, 0.25) is 0 Å². The normalized spacial score (nSPS) is 44.7. The molecular formula is C44H74N6O3. The van der Waals surface area contributed by atoms with Gasteiger partial charge in [0, 0.05) is 22.3 Å². The summed E-state index contributed by atoms with van der Waals surface area (Å²) < 4.78 is 14.4. The van der Waals surface area contributed by atoms with Crippen LogP contribution in [-0.4, -0.2) is 74.8 Å². The summed E-state index contributed by atoms with van der Waals surface area (Å²) in [6.45, 7) is 35.2. The molecule has 0 amide bonds. The average Bonchev–Trinajstić information content (AvgIpc) is 3.54. The molecule has 2 bridgehead atoms. The van der Waals surface area contributed by atoms with E-state index in [1.54, 1.807) is 5.57 Å². The van der Waals surface area contributed by atoms with Crippen LogP contribution in [-0.2, 0) is 9.47 Å². The van der Waals surface area contributed by atoms with Crippen LogP contribution in [0, 0.1) is 68.5 Å². The maximum atomic E-state index is 11.6. The van der Waals surface area contributed by atoms with Crippen LogP contribution in [0.25, 0.3) is 0 Å². The highest BCUT2D eigenvalue weighted by Crippen LogP contribution is 2.76. The summed E-state index contributed by atoms with van der Waals surface area (Å²) in [7, 11) is 0. The predicted molar refractivity (Wildman–Crippen MR) is 212 cm³/mol.